The SMILES string of the molecule is CCNC(=NCC1(CCO)CCCCC1)NCCc1ccccc1.I. The summed E-state index contributed by atoms with van der Waals surface area (Å²) in [6.45, 7) is 4.92. The van der Waals surface area contributed by atoms with Gasteiger partial charge in [0, 0.05) is 26.2 Å². The highest BCUT2D eigenvalue weighted by atomic mass is 127. The number of aliphatic hydroxyl groups is 1. The molecule has 142 valence electrons. The van der Waals surface area contributed by atoms with Crippen molar-refractivity contribution in [3.05, 3.63) is 35.9 Å². The van der Waals surface area contributed by atoms with Crippen LogP contribution in [0, 0.1) is 5.41 Å². The number of nitrogens with one attached hydrogen (secondary N) is 2. The predicted octanol–water partition coefficient (Wildman–Crippen LogP) is 3.74. The fraction of sp³-hybridized carbons (Fsp3) is 0.650. The van der Waals surface area contributed by atoms with E-state index in [1.165, 1.54) is 37.7 Å². The van der Waals surface area contributed by atoms with Crippen LogP contribution >= 0.6 is 24.0 Å². The Morgan fingerprint density at radius 2 is 1.84 bits per heavy atom. The van der Waals surface area contributed by atoms with Crippen LogP contribution in [0.5, 0.6) is 0 Å². The zero-order valence-corrected chi connectivity index (χ0v) is 17.8. The number of aliphatic imine (C=N–C) groups is 1. The summed E-state index contributed by atoms with van der Waals surface area (Å²) in [7, 11) is 0. The molecule has 1 aliphatic carbocycles. The molecule has 0 radical (unpaired) electrons. The standard InChI is InChI=1S/C20H33N3O.HI/c1-2-21-19(22-15-11-18-9-5-3-6-10-18)23-17-20(14-16-24)12-7-4-8-13-20;/h3,5-6,9-10,24H,2,4,7-8,11-17H2,1H3,(H2,21,22,23);1H. The molecule has 0 spiro atoms. The van der Waals surface area contributed by atoms with Gasteiger partial charge in [0.15, 0.2) is 5.96 Å². The molecule has 1 aromatic rings. The Hall–Kier alpha value is -0.820. The lowest BCUT2D eigenvalue weighted by Gasteiger charge is -2.35. The Morgan fingerprint density at radius 3 is 2.48 bits per heavy atom. The fourth-order valence-electron chi connectivity index (χ4n) is 3.58. The second kappa shape index (κ2) is 12.5. The van der Waals surface area contributed by atoms with E-state index in [-0.39, 0.29) is 36.0 Å². The van der Waals surface area contributed by atoms with Gasteiger partial charge in [-0.25, -0.2) is 0 Å². The number of benzene rings is 1. The van der Waals surface area contributed by atoms with Crippen LogP contribution in [0.4, 0.5) is 0 Å². The Balaban J connectivity index is 0.00000312. The summed E-state index contributed by atoms with van der Waals surface area (Å²) in [5.41, 5.74) is 1.54. The molecule has 5 heteroatoms. The summed E-state index contributed by atoms with van der Waals surface area (Å²) in [6.07, 6.45) is 8.13. The maximum Gasteiger partial charge on any atom is 0.191 e. The van der Waals surface area contributed by atoms with Crippen LogP contribution in [0.1, 0.15) is 51.0 Å². The van der Waals surface area contributed by atoms with Gasteiger partial charge in [-0.3, -0.25) is 4.99 Å². The normalized spacial score (nSPS) is 16.8. The summed E-state index contributed by atoms with van der Waals surface area (Å²) >= 11 is 0. The van der Waals surface area contributed by atoms with Gasteiger partial charge in [-0.1, -0.05) is 49.6 Å². The van der Waals surface area contributed by atoms with Crippen molar-refractivity contribution in [2.45, 2.75) is 51.9 Å². The fourth-order valence-corrected chi connectivity index (χ4v) is 3.58. The van der Waals surface area contributed by atoms with Gasteiger partial charge in [0.05, 0.1) is 0 Å². The molecule has 1 aliphatic rings. The highest BCUT2D eigenvalue weighted by Crippen LogP contribution is 2.39. The Morgan fingerprint density at radius 1 is 1.12 bits per heavy atom. The minimum absolute atomic E-state index is 0. The van der Waals surface area contributed by atoms with E-state index in [0.717, 1.165) is 38.4 Å². The summed E-state index contributed by atoms with van der Waals surface area (Å²) in [5.74, 6) is 0.899. The van der Waals surface area contributed by atoms with Crippen LogP contribution in [-0.2, 0) is 6.42 Å². The Kier molecular flexibility index (Phi) is 11.1. The number of guanidine groups is 1. The molecule has 2 rings (SSSR count). The summed E-state index contributed by atoms with van der Waals surface area (Å²) in [4.78, 5) is 4.84. The van der Waals surface area contributed by atoms with Gasteiger partial charge in [-0.05, 0) is 43.6 Å². The molecular formula is C20H34IN3O. The van der Waals surface area contributed by atoms with Crippen LogP contribution in [-0.4, -0.2) is 37.3 Å². The van der Waals surface area contributed by atoms with Gasteiger partial charge in [-0.15, -0.1) is 24.0 Å². The van der Waals surface area contributed by atoms with E-state index in [9.17, 15) is 5.11 Å². The topological polar surface area (TPSA) is 56.7 Å². The van der Waals surface area contributed by atoms with Crippen molar-refractivity contribution in [3.63, 3.8) is 0 Å². The minimum Gasteiger partial charge on any atom is -0.396 e. The van der Waals surface area contributed by atoms with Crippen molar-refractivity contribution in [2.24, 2.45) is 10.4 Å². The van der Waals surface area contributed by atoms with E-state index in [1.807, 2.05) is 6.07 Å². The van der Waals surface area contributed by atoms with Crippen LogP contribution in [0.3, 0.4) is 0 Å². The molecule has 3 N–H and O–H groups in total. The minimum atomic E-state index is 0. The number of rotatable bonds is 8. The van der Waals surface area contributed by atoms with Gasteiger partial charge in [0.1, 0.15) is 0 Å². The molecule has 25 heavy (non-hydrogen) atoms. The van der Waals surface area contributed by atoms with E-state index in [1.54, 1.807) is 0 Å². The number of aliphatic hydroxyl groups excluding tert-OH is 1. The summed E-state index contributed by atoms with van der Waals surface area (Å²) in [6, 6.07) is 10.5. The molecule has 0 aliphatic heterocycles. The van der Waals surface area contributed by atoms with Crippen molar-refractivity contribution in [2.75, 3.05) is 26.2 Å². The zero-order valence-electron chi connectivity index (χ0n) is 15.5. The Labute approximate surface area is 169 Å². The molecule has 1 saturated carbocycles. The molecule has 0 unspecified atom stereocenters. The largest absolute Gasteiger partial charge is 0.396 e. The lowest BCUT2D eigenvalue weighted by atomic mass is 9.72. The van der Waals surface area contributed by atoms with Crippen molar-refractivity contribution < 1.29 is 5.11 Å². The number of nitrogens with zero attached hydrogens (tertiary/aromatic N) is 1. The number of hydrogen-bond donors (Lipinski definition) is 3. The second-order valence-electron chi connectivity index (χ2n) is 6.89. The first-order valence-electron chi connectivity index (χ1n) is 9.45. The average molecular weight is 459 g/mol. The lowest BCUT2D eigenvalue weighted by Crippen LogP contribution is -2.40. The predicted molar refractivity (Wildman–Crippen MR) is 117 cm³/mol. The van der Waals surface area contributed by atoms with Crippen LogP contribution in [0.15, 0.2) is 35.3 Å². The second-order valence-corrected chi connectivity index (χ2v) is 6.89. The van der Waals surface area contributed by atoms with Crippen LogP contribution in [0.2, 0.25) is 0 Å². The van der Waals surface area contributed by atoms with Crippen molar-refractivity contribution in [1.82, 2.24) is 10.6 Å². The van der Waals surface area contributed by atoms with E-state index in [0.29, 0.717) is 0 Å². The lowest BCUT2D eigenvalue weighted by molar-refractivity contribution is 0.137. The zero-order chi connectivity index (χ0) is 17.1. The molecule has 1 fully saturated rings. The molecular weight excluding hydrogens is 425 g/mol. The van der Waals surface area contributed by atoms with Gasteiger partial charge < -0.3 is 15.7 Å². The highest BCUT2D eigenvalue weighted by Gasteiger charge is 2.31. The van der Waals surface area contributed by atoms with Crippen molar-refractivity contribution in [3.8, 4) is 0 Å². The van der Waals surface area contributed by atoms with Gasteiger partial charge in [0.25, 0.3) is 0 Å². The van der Waals surface area contributed by atoms with E-state index in [2.05, 4.69) is 41.8 Å². The molecule has 0 bridgehead atoms. The van der Waals surface area contributed by atoms with Crippen molar-refractivity contribution in [1.29, 1.82) is 0 Å². The maximum atomic E-state index is 9.44. The van der Waals surface area contributed by atoms with E-state index < -0.39 is 0 Å². The molecule has 0 heterocycles. The first-order chi connectivity index (χ1) is 11.8. The van der Waals surface area contributed by atoms with E-state index >= 15 is 0 Å². The first kappa shape index (κ1) is 22.2. The highest BCUT2D eigenvalue weighted by molar-refractivity contribution is 14.0. The molecule has 1 aromatic carbocycles. The smallest absolute Gasteiger partial charge is 0.191 e. The molecule has 0 aromatic heterocycles. The number of halogens is 1. The summed E-state index contributed by atoms with van der Waals surface area (Å²) in [5, 5.41) is 16.2. The summed E-state index contributed by atoms with van der Waals surface area (Å²) < 4.78 is 0. The van der Waals surface area contributed by atoms with E-state index in [4.69, 9.17) is 4.99 Å². The third kappa shape index (κ3) is 7.94. The monoisotopic (exact) mass is 459 g/mol. The van der Waals surface area contributed by atoms with Crippen LogP contribution in [0.25, 0.3) is 0 Å². The first-order valence-corrected chi connectivity index (χ1v) is 9.45. The maximum absolute atomic E-state index is 9.44. The quantitative estimate of drug-likeness (QED) is 0.316. The van der Waals surface area contributed by atoms with Gasteiger partial charge in [0.2, 0.25) is 0 Å². The molecule has 0 saturated heterocycles. The molecule has 0 atom stereocenters. The molecule has 4 nitrogen and oxygen atoms in total. The van der Waals surface area contributed by atoms with Gasteiger partial charge in [-0.2, -0.15) is 0 Å². The van der Waals surface area contributed by atoms with Crippen molar-refractivity contribution >= 4 is 29.9 Å². The van der Waals surface area contributed by atoms with Crippen LogP contribution < -0.4 is 10.6 Å². The number of hydrogen-bond acceptors (Lipinski definition) is 2. The van der Waals surface area contributed by atoms with Gasteiger partial charge >= 0.3 is 0 Å². The third-order valence-electron chi connectivity index (χ3n) is 5.02. The Bertz CT molecular complexity index is 481. The third-order valence-corrected chi connectivity index (χ3v) is 5.02. The average Bonchev–Trinajstić information content (AvgIpc) is 2.62. The molecule has 0 amide bonds.